The van der Waals surface area contributed by atoms with Crippen molar-refractivity contribution in [3.8, 4) is 0 Å². The number of hydrogen-bond donors (Lipinski definition) is 2. The summed E-state index contributed by atoms with van der Waals surface area (Å²) in [6, 6.07) is 9.13. The molecule has 0 aliphatic carbocycles. The molecule has 0 spiro atoms. The number of nitrogens with zero attached hydrogens (tertiary/aromatic N) is 1. The summed E-state index contributed by atoms with van der Waals surface area (Å²) >= 11 is 0. The zero-order chi connectivity index (χ0) is 13.7. The number of amides is 1. The number of carbonyl (C=O) groups is 2. The van der Waals surface area contributed by atoms with Crippen molar-refractivity contribution < 1.29 is 14.7 Å². The van der Waals surface area contributed by atoms with Gasteiger partial charge < -0.3 is 10.4 Å². The number of likely N-dealkylation sites (tertiary alicyclic amines) is 1. The maximum absolute atomic E-state index is 11.8. The van der Waals surface area contributed by atoms with E-state index in [1.165, 1.54) is 0 Å². The highest BCUT2D eigenvalue weighted by Gasteiger charge is 2.31. The molecule has 2 N–H and O–H groups in total. The van der Waals surface area contributed by atoms with Crippen molar-refractivity contribution in [3.63, 3.8) is 0 Å². The van der Waals surface area contributed by atoms with E-state index < -0.39 is 12.0 Å². The Morgan fingerprint density at radius 2 is 2.00 bits per heavy atom. The summed E-state index contributed by atoms with van der Waals surface area (Å²) in [4.78, 5) is 24.5. The van der Waals surface area contributed by atoms with E-state index in [-0.39, 0.29) is 24.9 Å². The van der Waals surface area contributed by atoms with E-state index in [9.17, 15) is 9.59 Å². The maximum atomic E-state index is 11.8. The van der Waals surface area contributed by atoms with Crippen molar-refractivity contribution in [2.75, 3.05) is 13.1 Å². The third-order valence-electron chi connectivity index (χ3n) is 3.33. The van der Waals surface area contributed by atoms with Gasteiger partial charge in [-0.25, -0.2) is 0 Å². The Morgan fingerprint density at radius 3 is 2.65 bits per heavy atom. The molecule has 6 heteroatoms. The van der Waals surface area contributed by atoms with Crippen LogP contribution in [0.15, 0.2) is 30.3 Å². The number of nitrogens with one attached hydrogen (secondary N) is 1. The van der Waals surface area contributed by atoms with Crippen molar-refractivity contribution in [1.29, 1.82) is 0 Å². The summed E-state index contributed by atoms with van der Waals surface area (Å²) in [5.41, 5.74) is 1.03. The molecule has 110 valence electrons. The van der Waals surface area contributed by atoms with Crippen LogP contribution >= 0.6 is 12.4 Å². The molecule has 1 saturated heterocycles. The molecule has 2 rings (SSSR count). The lowest BCUT2D eigenvalue weighted by Gasteiger charge is -2.20. The van der Waals surface area contributed by atoms with Gasteiger partial charge in [0.05, 0.1) is 6.54 Å². The second-order valence-corrected chi connectivity index (χ2v) is 4.73. The number of hydrogen-bond acceptors (Lipinski definition) is 3. The maximum Gasteiger partial charge on any atom is 0.320 e. The Bertz CT molecular complexity index is 453. The number of halogens is 1. The van der Waals surface area contributed by atoms with Crippen LogP contribution < -0.4 is 5.32 Å². The predicted molar refractivity (Wildman–Crippen MR) is 77.8 cm³/mol. The van der Waals surface area contributed by atoms with Crippen molar-refractivity contribution in [2.24, 2.45) is 0 Å². The Balaban J connectivity index is 0.00000200. The summed E-state index contributed by atoms with van der Waals surface area (Å²) in [7, 11) is 0. The lowest BCUT2D eigenvalue weighted by atomic mass is 10.2. The summed E-state index contributed by atoms with van der Waals surface area (Å²) in [6.07, 6.45) is 1.46. The molecule has 1 aliphatic rings. The average molecular weight is 299 g/mol. The summed E-state index contributed by atoms with van der Waals surface area (Å²) in [6.45, 7) is 1.31. The van der Waals surface area contributed by atoms with Gasteiger partial charge in [0.25, 0.3) is 0 Å². The van der Waals surface area contributed by atoms with Gasteiger partial charge in [0.15, 0.2) is 0 Å². The van der Waals surface area contributed by atoms with Gasteiger partial charge >= 0.3 is 5.97 Å². The van der Waals surface area contributed by atoms with Gasteiger partial charge in [-0.1, -0.05) is 30.3 Å². The number of aliphatic carboxylic acids is 1. The van der Waals surface area contributed by atoms with Crippen LogP contribution in [0.2, 0.25) is 0 Å². The fraction of sp³-hybridized carbons (Fsp3) is 0.429. The minimum Gasteiger partial charge on any atom is -0.480 e. The lowest BCUT2D eigenvalue weighted by Crippen LogP contribution is -2.42. The minimum atomic E-state index is -0.839. The molecule has 0 bridgehead atoms. The SMILES string of the molecule is Cl.O=C(CN1CCCC1C(=O)O)NCc1ccccc1. The summed E-state index contributed by atoms with van der Waals surface area (Å²) < 4.78 is 0. The van der Waals surface area contributed by atoms with Gasteiger partial charge in [-0.3, -0.25) is 14.5 Å². The van der Waals surface area contributed by atoms with E-state index in [1.807, 2.05) is 30.3 Å². The molecule has 5 nitrogen and oxygen atoms in total. The lowest BCUT2D eigenvalue weighted by molar-refractivity contribution is -0.142. The van der Waals surface area contributed by atoms with Crippen molar-refractivity contribution in [3.05, 3.63) is 35.9 Å². The van der Waals surface area contributed by atoms with E-state index in [0.29, 0.717) is 19.5 Å². The van der Waals surface area contributed by atoms with Crippen LogP contribution in [0, 0.1) is 0 Å². The highest BCUT2D eigenvalue weighted by molar-refractivity contribution is 5.85. The number of carboxylic acids is 1. The topological polar surface area (TPSA) is 69.6 Å². The van der Waals surface area contributed by atoms with Crippen molar-refractivity contribution >= 4 is 24.3 Å². The number of rotatable bonds is 5. The van der Waals surface area contributed by atoms with E-state index in [4.69, 9.17) is 5.11 Å². The zero-order valence-electron chi connectivity index (χ0n) is 11.1. The van der Waals surface area contributed by atoms with Gasteiger partial charge in [-0.05, 0) is 24.9 Å². The summed E-state index contributed by atoms with van der Waals surface area (Å²) in [5.74, 6) is -0.967. The second-order valence-electron chi connectivity index (χ2n) is 4.73. The molecule has 1 aromatic carbocycles. The third-order valence-corrected chi connectivity index (χ3v) is 3.33. The van der Waals surface area contributed by atoms with E-state index in [1.54, 1.807) is 4.90 Å². The molecule has 1 heterocycles. The Morgan fingerprint density at radius 1 is 1.30 bits per heavy atom. The molecule has 0 radical (unpaired) electrons. The average Bonchev–Trinajstić information content (AvgIpc) is 2.86. The molecule has 1 aliphatic heterocycles. The van der Waals surface area contributed by atoms with E-state index in [0.717, 1.165) is 12.0 Å². The van der Waals surface area contributed by atoms with Crippen molar-refractivity contribution in [2.45, 2.75) is 25.4 Å². The summed E-state index contributed by atoms with van der Waals surface area (Å²) in [5, 5.41) is 11.8. The molecule has 1 aromatic rings. The molecule has 0 aromatic heterocycles. The monoisotopic (exact) mass is 298 g/mol. The van der Waals surface area contributed by atoms with E-state index in [2.05, 4.69) is 5.32 Å². The fourth-order valence-corrected chi connectivity index (χ4v) is 2.33. The van der Waals surface area contributed by atoms with Gasteiger partial charge in [-0.15, -0.1) is 12.4 Å². The minimum absolute atomic E-state index is 0. The van der Waals surface area contributed by atoms with Crippen LogP contribution in [0.3, 0.4) is 0 Å². The highest BCUT2D eigenvalue weighted by Crippen LogP contribution is 2.16. The van der Waals surface area contributed by atoms with Crippen LogP contribution in [0.25, 0.3) is 0 Å². The van der Waals surface area contributed by atoms with Crippen LogP contribution in [0.1, 0.15) is 18.4 Å². The normalized spacial score (nSPS) is 18.3. The van der Waals surface area contributed by atoms with Crippen LogP contribution in [0.5, 0.6) is 0 Å². The molecule has 20 heavy (non-hydrogen) atoms. The standard InChI is InChI=1S/C14H18N2O3.ClH/c17-13(15-9-11-5-2-1-3-6-11)10-16-8-4-7-12(16)14(18)19;/h1-3,5-6,12H,4,7-10H2,(H,15,17)(H,18,19);1H. The molecule has 1 fully saturated rings. The number of carboxylic acid groups (broad SMARTS) is 1. The number of carbonyl (C=O) groups excluding carboxylic acids is 1. The van der Waals surface area contributed by atoms with Crippen molar-refractivity contribution in [1.82, 2.24) is 10.2 Å². The Kier molecular flexibility index (Phi) is 6.48. The molecule has 1 unspecified atom stereocenters. The van der Waals surface area contributed by atoms with Crippen LogP contribution in [-0.4, -0.2) is 41.0 Å². The molecule has 1 atom stereocenters. The number of benzene rings is 1. The zero-order valence-corrected chi connectivity index (χ0v) is 11.9. The highest BCUT2D eigenvalue weighted by atomic mass is 35.5. The quantitative estimate of drug-likeness (QED) is 0.859. The molecule has 1 amide bonds. The van der Waals surface area contributed by atoms with E-state index >= 15 is 0 Å². The first-order chi connectivity index (χ1) is 9.16. The molecule has 0 saturated carbocycles. The van der Waals surface area contributed by atoms with Crippen LogP contribution in [-0.2, 0) is 16.1 Å². The van der Waals surface area contributed by atoms with Gasteiger partial charge in [0, 0.05) is 6.54 Å². The predicted octanol–water partition coefficient (Wildman–Crippen LogP) is 1.27. The Hall–Kier alpha value is -1.59. The first-order valence-corrected chi connectivity index (χ1v) is 6.44. The molecular formula is C14H19ClN2O3. The first kappa shape index (κ1) is 16.5. The fourth-order valence-electron chi connectivity index (χ4n) is 2.33. The van der Waals surface area contributed by atoms with Gasteiger partial charge in [-0.2, -0.15) is 0 Å². The van der Waals surface area contributed by atoms with Crippen LogP contribution in [0.4, 0.5) is 0 Å². The first-order valence-electron chi connectivity index (χ1n) is 6.44. The third kappa shape index (κ3) is 4.51. The smallest absolute Gasteiger partial charge is 0.320 e. The second kappa shape index (κ2) is 7.87. The van der Waals surface area contributed by atoms with Gasteiger partial charge in [0.2, 0.25) is 5.91 Å². The largest absolute Gasteiger partial charge is 0.480 e. The Labute approximate surface area is 124 Å². The molecular weight excluding hydrogens is 280 g/mol. The van der Waals surface area contributed by atoms with Gasteiger partial charge in [0.1, 0.15) is 6.04 Å².